The van der Waals surface area contributed by atoms with Gasteiger partial charge in [-0.1, -0.05) is 11.6 Å². The quantitative estimate of drug-likeness (QED) is 0.913. The Labute approximate surface area is 129 Å². The average molecular weight is 304 g/mol. The molecule has 5 heteroatoms. The predicted octanol–water partition coefficient (Wildman–Crippen LogP) is 3.79. The SMILES string of the molecule is Cc1cc(Cl)ccc1Oc1ncc(CNC2CC2)c(C)n1. The summed E-state index contributed by atoms with van der Waals surface area (Å²) in [5, 5.41) is 4.16. The van der Waals surface area contributed by atoms with Crippen molar-refractivity contribution in [3.63, 3.8) is 0 Å². The third-order valence-electron chi connectivity index (χ3n) is 3.56. The maximum Gasteiger partial charge on any atom is 0.322 e. The Hall–Kier alpha value is -1.65. The molecule has 1 aliphatic carbocycles. The fourth-order valence-electron chi connectivity index (χ4n) is 2.06. The zero-order valence-corrected chi connectivity index (χ0v) is 12.9. The molecule has 1 N–H and O–H groups in total. The highest BCUT2D eigenvalue weighted by Crippen LogP contribution is 2.26. The lowest BCUT2D eigenvalue weighted by molar-refractivity contribution is 0.436. The van der Waals surface area contributed by atoms with Crippen molar-refractivity contribution in [3.8, 4) is 11.8 Å². The van der Waals surface area contributed by atoms with Crippen LogP contribution in [0.4, 0.5) is 0 Å². The summed E-state index contributed by atoms with van der Waals surface area (Å²) in [5.74, 6) is 0.725. The highest BCUT2D eigenvalue weighted by atomic mass is 35.5. The molecule has 0 bridgehead atoms. The van der Waals surface area contributed by atoms with Crippen LogP contribution in [0.25, 0.3) is 0 Å². The first-order valence-corrected chi connectivity index (χ1v) is 7.49. The second kappa shape index (κ2) is 6.00. The lowest BCUT2D eigenvalue weighted by atomic mass is 10.2. The average Bonchev–Trinajstić information content (AvgIpc) is 3.25. The fraction of sp³-hybridized carbons (Fsp3) is 0.375. The normalized spacial score (nSPS) is 14.2. The van der Waals surface area contributed by atoms with E-state index < -0.39 is 0 Å². The molecule has 1 heterocycles. The van der Waals surface area contributed by atoms with E-state index in [9.17, 15) is 0 Å². The van der Waals surface area contributed by atoms with Crippen molar-refractivity contribution in [1.82, 2.24) is 15.3 Å². The number of hydrogen-bond donors (Lipinski definition) is 1. The second-order valence-electron chi connectivity index (χ2n) is 5.43. The minimum Gasteiger partial charge on any atom is -0.424 e. The summed E-state index contributed by atoms with van der Waals surface area (Å²) < 4.78 is 5.74. The van der Waals surface area contributed by atoms with Gasteiger partial charge >= 0.3 is 6.01 Å². The van der Waals surface area contributed by atoms with Crippen LogP contribution >= 0.6 is 11.6 Å². The molecule has 0 atom stereocenters. The van der Waals surface area contributed by atoms with Crippen molar-refractivity contribution in [2.45, 2.75) is 39.3 Å². The first kappa shape index (κ1) is 14.3. The molecular weight excluding hydrogens is 286 g/mol. The Kier molecular flexibility index (Phi) is 4.08. The van der Waals surface area contributed by atoms with E-state index in [0.717, 1.165) is 29.1 Å². The molecule has 0 spiro atoms. The zero-order chi connectivity index (χ0) is 14.8. The molecule has 1 aliphatic rings. The van der Waals surface area contributed by atoms with Gasteiger partial charge in [0.1, 0.15) is 5.75 Å². The molecule has 3 rings (SSSR count). The van der Waals surface area contributed by atoms with Crippen LogP contribution in [-0.2, 0) is 6.54 Å². The van der Waals surface area contributed by atoms with E-state index in [2.05, 4.69) is 15.3 Å². The van der Waals surface area contributed by atoms with Gasteiger partial charge in [-0.15, -0.1) is 0 Å². The molecule has 2 aromatic rings. The van der Waals surface area contributed by atoms with Gasteiger partial charge in [-0.25, -0.2) is 4.98 Å². The van der Waals surface area contributed by atoms with Gasteiger partial charge in [-0.2, -0.15) is 4.98 Å². The van der Waals surface area contributed by atoms with Crippen molar-refractivity contribution in [3.05, 3.63) is 46.2 Å². The molecule has 1 saturated carbocycles. The van der Waals surface area contributed by atoms with Crippen LogP contribution < -0.4 is 10.1 Å². The number of nitrogens with zero attached hydrogens (tertiary/aromatic N) is 2. The maximum atomic E-state index is 5.94. The number of rotatable bonds is 5. The molecule has 1 fully saturated rings. The van der Waals surface area contributed by atoms with Crippen molar-refractivity contribution in [2.24, 2.45) is 0 Å². The van der Waals surface area contributed by atoms with Gasteiger partial charge in [0.2, 0.25) is 0 Å². The third kappa shape index (κ3) is 3.71. The highest BCUT2D eigenvalue weighted by molar-refractivity contribution is 6.30. The van der Waals surface area contributed by atoms with Gasteiger partial charge in [-0.05, 0) is 50.5 Å². The van der Waals surface area contributed by atoms with Crippen molar-refractivity contribution >= 4 is 11.6 Å². The minimum absolute atomic E-state index is 0.369. The summed E-state index contributed by atoms with van der Waals surface area (Å²) in [5.41, 5.74) is 3.02. The number of nitrogens with one attached hydrogen (secondary N) is 1. The van der Waals surface area contributed by atoms with Crippen LogP contribution in [0.3, 0.4) is 0 Å². The van der Waals surface area contributed by atoms with Gasteiger partial charge in [-0.3, -0.25) is 0 Å². The number of halogens is 1. The maximum absolute atomic E-state index is 5.94. The van der Waals surface area contributed by atoms with E-state index in [1.54, 1.807) is 6.07 Å². The van der Waals surface area contributed by atoms with Gasteiger partial charge in [0.05, 0.1) is 0 Å². The smallest absolute Gasteiger partial charge is 0.322 e. The standard InChI is InChI=1S/C16H18ClN3O/c1-10-7-13(17)3-6-15(10)21-16-19-9-12(11(2)20-16)8-18-14-4-5-14/h3,6-7,9,14,18H,4-5,8H2,1-2H3. The van der Waals surface area contributed by atoms with Crippen LogP contribution in [-0.4, -0.2) is 16.0 Å². The number of benzene rings is 1. The summed E-state index contributed by atoms with van der Waals surface area (Å²) in [6.45, 7) is 4.74. The first-order chi connectivity index (χ1) is 10.1. The first-order valence-electron chi connectivity index (χ1n) is 7.12. The topological polar surface area (TPSA) is 47.0 Å². The monoisotopic (exact) mass is 303 g/mol. The molecule has 110 valence electrons. The molecule has 0 saturated heterocycles. The third-order valence-corrected chi connectivity index (χ3v) is 3.79. The van der Waals surface area contributed by atoms with Crippen LogP contribution in [0.2, 0.25) is 5.02 Å². The Bertz CT molecular complexity index is 656. The lowest BCUT2D eigenvalue weighted by Gasteiger charge is -2.10. The molecule has 0 aliphatic heterocycles. The van der Waals surface area contributed by atoms with Gasteiger partial charge < -0.3 is 10.1 Å². The van der Waals surface area contributed by atoms with Crippen molar-refractivity contribution in [1.29, 1.82) is 0 Å². The van der Waals surface area contributed by atoms with Gasteiger partial charge in [0, 0.05) is 35.1 Å². The number of aromatic nitrogens is 2. The van der Waals surface area contributed by atoms with Gasteiger partial charge in [0.15, 0.2) is 0 Å². The van der Waals surface area contributed by atoms with E-state index in [0.29, 0.717) is 17.1 Å². The number of ether oxygens (including phenoxy) is 1. The van der Waals surface area contributed by atoms with Crippen LogP contribution in [0.1, 0.15) is 29.7 Å². The summed E-state index contributed by atoms with van der Waals surface area (Å²) in [6.07, 6.45) is 4.38. The molecule has 0 radical (unpaired) electrons. The minimum atomic E-state index is 0.369. The lowest BCUT2D eigenvalue weighted by Crippen LogP contribution is -2.16. The summed E-state index contributed by atoms with van der Waals surface area (Å²) in [7, 11) is 0. The summed E-state index contributed by atoms with van der Waals surface area (Å²) in [4.78, 5) is 8.71. The Morgan fingerprint density at radius 1 is 1.33 bits per heavy atom. The van der Waals surface area contributed by atoms with Gasteiger partial charge in [0.25, 0.3) is 0 Å². The molecule has 1 aromatic carbocycles. The summed E-state index contributed by atoms with van der Waals surface area (Å²) in [6, 6.07) is 6.53. The fourth-order valence-corrected chi connectivity index (χ4v) is 2.29. The largest absolute Gasteiger partial charge is 0.424 e. The van der Waals surface area contributed by atoms with Crippen LogP contribution in [0.5, 0.6) is 11.8 Å². The predicted molar refractivity (Wildman–Crippen MR) is 82.9 cm³/mol. The molecule has 4 nitrogen and oxygen atoms in total. The van der Waals surface area contributed by atoms with E-state index in [1.165, 1.54) is 12.8 Å². The molecule has 1 aromatic heterocycles. The van der Waals surface area contributed by atoms with E-state index >= 15 is 0 Å². The molecule has 21 heavy (non-hydrogen) atoms. The zero-order valence-electron chi connectivity index (χ0n) is 12.2. The van der Waals surface area contributed by atoms with E-state index in [4.69, 9.17) is 16.3 Å². The van der Waals surface area contributed by atoms with E-state index in [1.807, 2.05) is 32.2 Å². The van der Waals surface area contributed by atoms with Crippen LogP contribution in [0, 0.1) is 13.8 Å². The second-order valence-corrected chi connectivity index (χ2v) is 5.87. The van der Waals surface area contributed by atoms with Crippen molar-refractivity contribution < 1.29 is 4.74 Å². The molecule has 0 unspecified atom stereocenters. The number of hydrogen-bond acceptors (Lipinski definition) is 4. The van der Waals surface area contributed by atoms with Crippen molar-refractivity contribution in [2.75, 3.05) is 0 Å². The highest BCUT2D eigenvalue weighted by Gasteiger charge is 2.20. The Morgan fingerprint density at radius 2 is 2.14 bits per heavy atom. The molecular formula is C16H18ClN3O. The van der Waals surface area contributed by atoms with E-state index in [-0.39, 0.29) is 0 Å². The van der Waals surface area contributed by atoms with Crippen LogP contribution in [0.15, 0.2) is 24.4 Å². The Balaban J connectivity index is 1.71. The molecule has 0 amide bonds. The summed E-state index contributed by atoms with van der Waals surface area (Å²) >= 11 is 5.94. The number of aryl methyl sites for hydroxylation is 2. The Morgan fingerprint density at radius 3 is 2.81 bits per heavy atom.